The fraction of sp³-hybridized carbons (Fsp3) is 0.118. The van der Waals surface area contributed by atoms with Crippen molar-refractivity contribution < 1.29 is 4.39 Å². The first-order valence-electron chi connectivity index (χ1n) is 7.24. The van der Waals surface area contributed by atoms with E-state index in [1.165, 1.54) is 35.2 Å². The highest BCUT2D eigenvalue weighted by Crippen LogP contribution is 2.30. The molecule has 3 aromatic heterocycles. The normalized spacial score (nSPS) is 11.4. The number of thioether (sulfide) groups is 1. The lowest BCUT2D eigenvalue weighted by Crippen LogP contribution is -2.23. The zero-order chi connectivity index (χ0) is 16.7. The summed E-state index contributed by atoms with van der Waals surface area (Å²) in [5.74, 6) is -0.291. The van der Waals surface area contributed by atoms with Crippen LogP contribution in [0.25, 0.3) is 20.4 Å². The summed E-state index contributed by atoms with van der Waals surface area (Å²) in [6.45, 7) is 0.361. The van der Waals surface area contributed by atoms with Crippen molar-refractivity contribution in [3.63, 3.8) is 0 Å². The van der Waals surface area contributed by atoms with Crippen LogP contribution in [0.15, 0.2) is 52.5 Å². The number of thiophene rings is 1. The molecule has 0 atom stereocenters. The Labute approximate surface area is 145 Å². The van der Waals surface area contributed by atoms with Gasteiger partial charge in [-0.25, -0.2) is 14.4 Å². The Hall–Kier alpha value is -2.25. The predicted octanol–water partition coefficient (Wildman–Crippen LogP) is 3.92. The topological polar surface area (TPSA) is 47.8 Å². The fourth-order valence-corrected chi connectivity index (χ4v) is 4.19. The van der Waals surface area contributed by atoms with Crippen molar-refractivity contribution in [1.29, 1.82) is 0 Å². The van der Waals surface area contributed by atoms with Crippen molar-refractivity contribution in [2.24, 2.45) is 0 Å². The molecule has 0 amide bonds. The third-order valence-electron chi connectivity index (χ3n) is 3.75. The highest BCUT2D eigenvalue weighted by atomic mass is 32.2. The SMILES string of the molecule is CSc1nc2c(sc3ncccc32)c(=O)n1Cc1ccc(F)cc1. The van der Waals surface area contributed by atoms with Crippen LogP contribution in [0.5, 0.6) is 0 Å². The van der Waals surface area contributed by atoms with Gasteiger partial charge in [-0.1, -0.05) is 23.9 Å². The van der Waals surface area contributed by atoms with Crippen LogP contribution in [0, 0.1) is 5.82 Å². The minimum atomic E-state index is -0.291. The fourth-order valence-electron chi connectivity index (χ4n) is 2.61. The maximum atomic E-state index is 13.1. The monoisotopic (exact) mass is 357 g/mol. The quantitative estimate of drug-likeness (QED) is 0.412. The van der Waals surface area contributed by atoms with Crippen molar-refractivity contribution in [3.8, 4) is 0 Å². The van der Waals surface area contributed by atoms with Crippen LogP contribution in [0.2, 0.25) is 0 Å². The number of rotatable bonds is 3. The molecule has 0 fully saturated rings. The van der Waals surface area contributed by atoms with Crippen molar-refractivity contribution >= 4 is 43.5 Å². The van der Waals surface area contributed by atoms with Crippen molar-refractivity contribution in [2.45, 2.75) is 11.7 Å². The van der Waals surface area contributed by atoms with Gasteiger partial charge in [0.15, 0.2) is 5.16 Å². The Morgan fingerprint density at radius 2 is 2.04 bits per heavy atom. The molecule has 1 aromatic carbocycles. The summed E-state index contributed by atoms with van der Waals surface area (Å²) < 4.78 is 15.3. The second-order valence-corrected chi connectivity index (χ2v) is 7.02. The molecule has 3 heterocycles. The van der Waals surface area contributed by atoms with E-state index in [1.54, 1.807) is 22.9 Å². The van der Waals surface area contributed by atoms with Gasteiger partial charge in [0.05, 0.1) is 12.1 Å². The molecule has 0 aliphatic heterocycles. The van der Waals surface area contributed by atoms with Crippen LogP contribution in [-0.4, -0.2) is 20.8 Å². The maximum Gasteiger partial charge on any atom is 0.272 e. The Morgan fingerprint density at radius 1 is 1.25 bits per heavy atom. The van der Waals surface area contributed by atoms with Crippen LogP contribution >= 0.6 is 23.1 Å². The summed E-state index contributed by atoms with van der Waals surface area (Å²) in [5.41, 5.74) is 1.47. The molecule has 0 saturated carbocycles. The van der Waals surface area contributed by atoms with Crippen molar-refractivity contribution in [2.75, 3.05) is 6.26 Å². The van der Waals surface area contributed by atoms with Gasteiger partial charge >= 0.3 is 0 Å². The molecule has 4 rings (SSSR count). The molecule has 4 nitrogen and oxygen atoms in total. The number of hydrogen-bond donors (Lipinski definition) is 0. The Bertz CT molecular complexity index is 1100. The van der Waals surface area contributed by atoms with Crippen molar-refractivity contribution in [1.82, 2.24) is 14.5 Å². The molecule has 120 valence electrons. The van der Waals surface area contributed by atoms with E-state index in [0.29, 0.717) is 21.9 Å². The summed E-state index contributed by atoms with van der Waals surface area (Å²) in [6, 6.07) is 9.94. The molecule has 0 unspecified atom stereocenters. The van der Waals surface area contributed by atoms with Gasteiger partial charge in [0.1, 0.15) is 15.3 Å². The van der Waals surface area contributed by atoms with Crippen molar-refractivity contribution in [3.05, 3.63) is 64.3 Å². The lowest BCUT2D eigenvalue weighted by molar-refractivity contribution is 0.623. The largest absolute Gasteiger partial charge is 0.282 e. The Kier molecular flexibility index (Phi) is 3.82. The van der Waals surface area contributed by atoms with Gasteiger partial charge in [0.25, 0.3) is 5.56 Å². The van der Waals surface area contributed by atoms with E-state index >= 15 is 0 Å². The van der Waals surface area contributed by atoms with Crippen LogP contribution < -0.4 is 5.56 Å². The minimum absolute atomic E-state index is 0.0864. The van der Waals surface area contributed by atoms with Gasteiger partial charge in [0, 0.05) is 11.6 Å². The van der Waals surface area contributed by atoms with Gasteiger partial charge < -0.3 is 0 Å². The molecule has 0 saturated heterocycles. The number of aromatic nitrogens is 3. The highest BCUT2D eigenvalue weighted by molar-refractivity contribution is 7.98. The molecular weight excluding hydrogens is 345 g/mol. The van der Waals surface area contributed by atoms with E-state index in [0.717, 1.165) is 15.8 Å². The Morgan fingerprint density at radius 3 is 2.79 bits per heavy atom. The van der Waals surface area contributed by atoms with Crippen LogP contribution in [0.1, 0.15) is 5.56 Å². The van der Waals surface area contributed by atoms with E-state index < -0.39 is 0 Å². The number of fused-ring (bicyclic) bond motifs is 3. The molecule has 0 N–H and O–H groups in total. The second-order valence-electron chi connectivity index (χ2n) is 5.25. The summed E-state index contributed by atoms with van der Waals surface area (Å²) in [7, 11) is 0. The van der Waals surface area contributed by atoms with Crippen LogP contribution in [-0.2, 0) is 6.54 Å². The van der Waals surface area contributed by atoms with E-state index in [-0.39, 0.29) is 11.4 Å². The molecule has 0 radical (unpaired) electrons. The minimum Gasteiger partial charge on any atom is -0.282 e. The van der Waals surface area contributed by atoms with Crippen LogP contribution in [0.3, 0.4) is 0 Å². The first kappa shape index (κ1) is 15.3. The zero-order valence-electron chi connectivity index (χ0n) is 12.7. The number of nitrogens with zero attached hydrogens (tertiary/aromatic N) is 3. The van der Waals surface area contributed by atoms with Crippen LogP contribution in [0.4, 0.5) is 4.39 Å². The van der Waals surface area contributed by atoms with E-state index in [4.69, 9.17) is 0 Å². The number of hydrogen-bond acceptors (Lipinski definition) is 5. The zero-order valence-corrected chi connectivity index (χ0v) is 14.3. The molecular formula is C17H12FN3OS2. The van der Waals surface area contributed by atoms with E-state index in [1.807, 2.05) is 18.4 Å². The third kappa shape index (κ3) is 2.50. The summed E-state index contributed by atoms with van der Waals surface area (Å²) in [6.07, 6.45) is 3.60. The lowest BCUT2D eigenvalue weighted by Gasteiger charge is -2.10. The van der Waals surface area contributed by atoms with Gasteiger partial charge in [-0.2, -0.15) is 0 Å². The summed E-state index contributed by atoms with van der Waals surface area (Å²) >= 11 is 2.78. The first-order valence-corrected chi connectivity index (χ1v) is 9.28. The third-order valence-corrected chi connectivity index (χ3v) is 5.52. The summed E-state index contributed by atoms with van der Waals surface area (Å²) in [5, 5.41) is 1.54. The first-order chi connectivity index (χ1) is 11.7. The molecule has 0 aliphatic carbocycles. The van der Waals surface area contributed by atoms with E-state index in [9.17, 15) is 9.18 Å². The van der Waals surface area contributed by atoms with Gasteiger partial charge in [0.2, 0.25) is 0 Å². The second kappa shape index (κ2) is 5.99. The number of benzene rings is 1. The van der Waals surface area contributed by atoms with Gasteiger partial charge in [-0.3, -0.25) is 9.36 Å². The maximum absolute atomic E-state index is 13.1. The van der Waals surface area contributed by atoms with Gasteiger partial charge in [-0.05, 0) is 36.1 Å². The van der Waals surface area contributed by atoms with Gasteiger partial charge in [-0.15, -0.1) is 11.3 Å². The molecule has 0 aliphatic rings. The number of halogens is 1. The molecule has 0 bridgehead atoms. The van der Waals surface area contributed by atoms with E-state index in [2.05, 4.69) is 9.97 Å². The smallest absolute Gasteiger partial charge is 0.272 e. The predicted molar refractivity (Wildman–Crippen MR) is 96.5 cm³/mol. The lowest BCUT2D eigenvalue weighted by atomic mass is 10.2. The highest BCUT2D eigenvalue weighted by Gasteiger charge is 2.16. The molecule has 4 aromatic rings. The average Bonchev–Trinajstić information content (AvgIpc) is 2.98. The standard InChI is InChI=1S/C17H12FN3OS2/c1-23-17-20-13-12-3-2-8-19-15(12)24-14(13)16(22)21(17)9-10-4-6-11(18)7-5-10/h2-8H,9H2,1H3. The summed E-state index contributed by atoms with van der Waals surface area (Å²) in [4.78, 5) is 22.8. The molecule has 7 heteroatoms. The molecule has 24 heavy (non-hydrogen) atoms. The number of pyridine rings is 1. The molecule has 0 spiro atoms. The Balaban J connectivity index is 1.94. The average molecular weight is 357 g/mol.